The molecule has 1 aliphatic rings. The lowest BCUT2D eigenvalue weighted by Crippen LogP contribution is -2.47. The summed E-state index contributed by atoms with van der Waals surface area (Å²) in [6, 6.07) is 8.58. The third kappa shape index (κ3) is 4.12. The Kier molecular flexibility index (Phi) is 5.86. The summed E-state index contributed by atoms with van der Waals surface area (Å²) in [5.74, 6) is 0.128. The second-order valence-corrected chi connectivity index (χ2v) is 9.99. The van der Waals surface area contributed by atoms with Crippen molar-refractivity contribution in [2.45, 2.75) is 19.9 Å². The fourth-order valence-corrected chi connectivity index (χ4v) is 6.05. The Morgan fingerprint density at radius 1 is 1.18 bits per heavy atom. The summed E-state index contributed by atoms with van der Waals surface area (Å²) >= 11 is 3.10. The number of anilines is 1. The lowest BCUT2D eigenvalue weighted by atomic mass is 10.1. The SMILES string of the molecule is CC(=O)c1ccc(N2CCN([C@H](C)c3nc4scc(-c5cccs5)c4c(=O)[nH]3)CC2)c(F)c1. The molecule has 1 N–H and O–H groups in total. The Balaban J connectivity index is 1.32. The molecule has 4 aromatic rings. The Labute approximate surface area is 198 Å². The number of thiophene rings is 2. The van der Waals surface area contributed by atoms with E-state index in [1.807, 2.05) is 34.7 Å². The Morgan fingerprint density at radius 3 is 2.64 bits per heavy atom. The highest BCUT2D eigenvalue weighted by Gasteiger charge is 2.26. The largest absolute Gasteiger partial charge is 0.367 e. The van der Waals surface area contributed by atoms with E-state index in [9.17, 15) is 14.0 Å². The summed E-state index contributed by atoms with van der Waals surface area (Å²) in [5.41, 5.74) is 1.71. The van der Waals surface area contributed by atoms with Gasteiger partial charge in [-0.1, -0.05) is 6.07 Å². The maximum absolute atomic E-state index is 14.6. The van der Waals surface area contributed by atoms with Crippen LogP contribution in [0, 0.1) is 5.82 Å². The molecular weight excluding hydrogens is 459 g/mol. The summed E-state index contributed by atoms with van der Waals surface area (Å²) in [5, 5.41) is 4.64. The number of Topliss-reactive ketones (excluding diaryl/α,β-unsaturated/α-hetero) is 1. The lowest BCUT2D eigenvalue weighted by Gasteiger charge is -2.38. The predicted molar refractivity (Wildman–Crippen MR) is 132 cm³/mol. The van der Waals surface area contributed by atoms with E-state index in [-0.39, 0.29) is 23.2 Å². The maximum atomic E-state index is 14.6. The van der Waals surface area contributed by atoms with Crippen LogP contribution in [0.4, 0.5) is 10.1 Å². The number of aromatic amines is 1. The van der Waals surface area contributed by atoms with Gasteiger partial charge in [0.25, 0.3) is 5.56 Å². The topological polar surface area (TPSA) is 69.3 Å². The van der Waals surface area contributed by atoms with Crippen LogP contribution in [-0.2, 0) is 0 Å². The van der Waals surface area contributed by atoms with Crippen LogP contribution in [-0.4, -0.2) is 46.8 Å². The van der Waals surface area contributed by atoms with Crippen molar-refractivity contribution in [3.05, 3.63) is 68.7 Å². The van der Waals surface area contributed by atoms with E-state index in [1.165, 1.54) is 24.3 Å². The average Bonchev–Trinajstić information content (AvgIpc) is 3.48. The number of H-pyrrole nitrogens is 1. The van der Waals surface area contributed by atoms with Crippen molar-refractivity contribution >= 4 is 44.4 Å². The number of ketones is 1. The van der Waals surface area contributed by atoms with Crippen LogP contribution in [0.5, 0.6) is 0 Å². The van der Waals surface area contributed by atoms with Gasteiger partial charge in [0.05, 0.1) is 17.1 Å². The zero-order valence-electron chi connectivity index (χ0n) is 18.3. The number of fused-ring (bicyclic) bond motifs is 1. The van der Waals surface area contributed by atoms with Crippen LogP contribution >= 0.6 is 22.7 Å². The van der Waals surface area contributed by atoms with Gasteiger partial charge in [0.2, 0.25) is 0 Å². The smallest absolute Gasteiger partial charge is 0.260 e. The van der Waals surface area contributed by atoms with Crippen molar-refractivity contribution < 1.29 is 9.18 Å². The van der Waals surface area contributed by atoms with E-state index in [1.54, 1.807) is 23.5 Å². The summed E-state index contributed by atoms with van der Waals surface area (Å²) in [6.45, 7) is 6.19. The van der Waals surface area contributed by atoms with Gasteiger partial charge in [0.15, 0.2) is 5.78 Å². The number of hydrogen-bond donors (Lipinski definition) is 1. The van der Waals surface area contributed by atoms with Gasteiger partial charge < -0.3 is 9.88 Å². The molecule has 0 bridgehead atoms. The van der Waals surface area contributed by atoms with Gasteiger partial charge in [-0.15, -0.1) is 22.7 Å². The molecule has 9 heteroatoms. The molecule has 1 fully saturated rings. The minimum absolute atomic E-state index is 0.0681. The third-order valence-electron chi connectivity index (χ3n) is 6.20. The van der Waals surface area contributed by atoms with E-state index in [4.69, 9.17) is 4.98 Å². The van der Waals surface area contributed by atoms with Crippen molar-refractivity contribution in [3.8, 4) is 10.4 Å². The van der Waals surface area contributed by atoms with Crippen LogP contribution in [0.25, 0.3) is 20.7 Å². The number of nitrogens with zero attached hydrogens (tertiary/aromatic N) is 3. The molecule has 0 radical (unpaired) electrons. The first-order valence-corrected chi connectivity index (χ1v) is 12.5. The van der Waals surface area contributed by atoms with Gasteiger partial charge in [-0.25, -0.2) is 9.37 Å². The van der Waals surface area contributed by atoms with Gasteiger partial charge in [0.1, 0.15) is 16.5 Å². The van der Waals surface area contributed by atoms with Crippen LogP contribution < -0.4 is 10.5 Å². The fourth-order valence-electron chi connectivity index (χ4n) is 4.28. The monoisotopic (exact) mass is 482 g/mol. The molecule has 0 amide bonds. The first-order valence-electron chi connectivity index (χ1n) is 10.8. The molecule has 1 saturated heterocycles. The van der Waals surface area contributed by atoms with Crippen molar-refractivity contribution in [2.24, 2.45) is 0 Å². The number of nitrogens with one attached hydrogen (secondary N) is 1. The molecule has 0 spiro atoms. The first-order chi connectivity index (χ1) is 15.9. The Hall–Kier alpha value is -2.88. The highest BCUT2D eigenvalue weighted by Crippen LogP contribution is 2.34. The number of piperazine rings is 1. The summed E-state index contributed by atoms with van der Waals surface area (Å²) in [6.07, 6.45) is 0. The molecule has 170 valence electrons. The van der Waals surface area contributed by atoms with Crippen molar-refractivity contribution in [2.75, 3.05) is 31.1 Å². The number of hydrogen-bond acceptors (Lipinski definition) is 7. The van der Waals surface area contributed by atoms with Crippen LogP contribution in [0.2, 0.25) is 0 Å². The van der Waals surface area contributed by atoms with Gasteiger partial charge in [-0.3, -0.25) is 14.5 Å². The molecule has 33 heavy (non-hydrogen) atoms. The second-order valence-electron chi connectivity index (χ2n) is 8.18. The highest BCUT2D eigenvalue weighted by molar-refractivity contribution is 7.18. The summed E-state index contributed by atoms with van der Waals surface area (Å²) in [4.78, 5) is 38.3. The van der Waals surface area contributed by atoms with E-state index in [0.29, 0.717) is 48.6 Å². The number of halogens is 1. The minimum Gasteiger partial charge on any atom is -0.367 e. The summed E-state index contributed by atoms with van der Waals surface area (Å²) < 4.78 is 14.6. The van der Waals surface area contributed by atoms with Crippen LogP contribution in [0.3, 0.4) is 0 Å². The number of benzene rings is 1. The number of rotatable bonds is 5. The first kappa shape index (κ1) is 21.9. The van der Waals surface area contributed by atoms with E-state index in [0.717, 1.165) is 15.3 Å². The zero-order valence-corrected chi connectivity index (χ0v) is 19.9. The van der Waals surface area contributed by atoms with Crippen molar-refractivity contribution in [1.82, 2.24) is 14.9 Å². The number of aromatic nitrogens is 2. The maximum Gasteiger partial charge on any atom is 0.260 e. The lowest BCUT2D eigenvalue weighted by molar-refractivity contribution is 0.101. The Bertz CT molecular complexity index is 1370. The molecule has 5 rings (SSSR count). The van der Waals surface area contributed by atoms with Crippen LogP contribution in [0.1, 0.15) is 36.1 Å². The predicted octanol–water partition coefficient (Wildman–Crippen LogP) is 4.94. The standard InChI is InChI=1S/C24H23FN4O2S2/c1-14(22-26-23(31)21-17(13-33-24(21)27-22)20-4-3-11-32-20)28-7-9-29(10-8-28)19-6-5-16(15(2)30)12-18(19)25/h3-6,11-14H,7-10H2,1-2H3,(H,26,27,31)/t14-/m1/s1. The zero-order chi connectivity index (χ0) is 23.1. The second kappa shape index (κ2) is 8.81. The van der Waals surface area contributed by atoms with Crippen molar-refractivity contribution in [3.63, 3.8) is 0 Å². The molecule has 1 aliphatic heterocycles. The van der Waals surface area contributed by atoms with Crippen molar-refractivity contribution in [1.29, 1.82) is 0 Å². The van der Waals surface area contributed by atoms with Gasteiger partial charge in [0, 0.05) is 47.6 Å². The van der Waals surface area contributed by atoms with Crippen LogP contribution in [0.15, 0.2) is 45.9 Å². The minimum atomic E-state index is -0.375. The van der Waals surface area contributed by atoms with Gasteiger partial charge >= 0.3 is 0 Å². The number of carbonyl (C=O) groups is 1. The molecule has 1 aromatic carbocycles. The third-order valence-corrected chi connectivity index (χ3v) is 7.98. The average molecular weight is 483 g/mol. The molecular formula is C24H23FN4O2S2. The van der Waals surface area contributed by atoms with Gasteiger partial charge in [-0.2, -0.15) is 0 Å². The highest BCUT2D eigenvalue weighted by atomic mass is 32.1. The quantitative estimate of drug-likeness (QED) is 0.408. The normalized spacial score (nSPS) is 15.8. The number of carbonyl (C=O) groups excluding carboxylic acids is 1. The molecule has 0 aliphatic carbocycles. The molecule has 0 unspecified atom stereocenters. The molecule has 6 nitrogen and oxygen atoms in total. The fraction of sp³-hybridized carbons (Fsp3) is 0.292. The summed E-state index contributed by atoms with van der Waals surface area (Å²) in [7, 11) is 0. The molecule has 3 aromatic heterocycles. The van der Waals surface area contributed by atoms with E-state index >= 15 is 0 Å². The van der Waals surface area contributed by atoms with E-state index < -0.39 is 0 Å². The Morgan fingerprint density at radius 2 is 1.97 bits per heavy atom. The molecule has 0 saturated carbocycles. The van der Waals surface area contributed by atoms with Gasteiger partial charge in [-0.05, 0) is 43.5 Å². The molecule has 1 atom stereocenters. The molecule has 4 heterocycles. The van der Waals surface area contributed by atoms with E-state index in [2.05, 4.69) is 9.88 Å².